The fraction of sp³-hybridized carbons (Fsp3) is 0.500. The van der Waals surface area contributed by atoms with E-state index in [-0.39, 0.29) is 22.3 Å². The van der Waals surface area contributed by atoms with E-state index in [2.05, 4.69) is 4.98 Å². The fourth-order valence-corrected chi connectivity index (χ4v) is 1.59. The van der Waals surface area contributed by atoms with Crippen LogP contribution in [0.4, 0.5) is 0 Å². The molecule has 5 nitrogen and oxygen atoms in total. The summed E-state index contributed by atoms with van der Waals surface area (Å²) in [6, 6.07) is 1.37. The molecule has 0 aliphatic carbocycles. The highest BCUT2D eigenvalue weighted by atomic mass is 35.5. The molecule has 0 unspecified atom stereocenters. The minimum atomic E-state index is -0.546. The third kappa shape index (κ3) is 6.20. The standard InChI is InChI=1S/C12H15Cl2NO4/c1-17-3-2-4-18-5-6-19-12(16)9-7-11(14)15-8-10(9)13/h7-8H,2-6H2,1H3. The Bertz CT molecular complexity index is 415. The van der Waals surface area contributed by atoms with Crippen LogP contribution >= 0.6 is 23.2 Å². The van der Waals surface area contributed by atoms with Gasteiger partial charge >= 0.3 is 5.97 Å². The number of rotatable bonds is 8. The Hall–Kier alpha value is -0.880. The van der Waals surface area contributed by atoms with Crippen LogP contribution in [0.2, 0.25) is 10.2 Å². The van der Waals surface area contributed by atoms with Crippen LogP contribution in [-0.4, -0.2) is 44.5 Å². The molecule has 0 radical (unpaired) electrons. The highest BCUT2D eigenvalue weighted by molar-refractivity contribution is 6.34. The molecule has 0 aromatic carbocycles. The third-order valence-electron chi connectivity index (χ3n) is 2.14. The molecule has 1 aromatic rings. The molecule has 0 amide bonds. The molecule has 1 aromatic heterocycles. The second kappa shape index (κ2) is 9.09. The Morgan fingerprint density at radius 2 is 2.05 bits per heavy atom. The van der Waals surface area contributed by atoms with E-state index in [1.54, 1.807) is 7.11 Å². The first-order chi connectivity index (χ1) is 9.15. The van der Waals surface area contributed by atoms with E-state index in [9.17, 15) is 4.79 Å². The van der Waals surface area contributed by atoms with Gasteiger partial charge in [0, 0.05) is 26.5 Å². The number of hydrogen-bond donors (Lipinski definition) is 0. The third-order valence-corrected chi connectivity index (χ3v) is 2.65. The number of carbonyl (C=O) groups excluding carboxylic acids is 1. The van der Waals surface area contributed by atoms with E-state index in [0.29, 0.717) is 19.8 Å². The normalized spacial score (nSPS) is 10.5. The SMILES string of the molecule is COCCCOCCOC(=O)c1cc(Cl)ncc1Cl. The van der Waals surface area contributed by atoms with Gasteiger partial charge in [0.2, 0.25) is 0 Å². The van der Waals surface area contributed by atoms with E-state index in [0.717, 1.165) is 6.42 Å². The van der Waals surface area contributed by atoms with Crippen LogP contribution in [0.15, 0.2) is 12.3 Å². The zero-order chi connectivity index (χ0) is 14.1. The van der Waals surface area contributed by atoms with E-state index in [4.69, 9.17) is 37.4 Å². The quantitative estimate of drug-likeness (QED) is 0.420. The van der Waals surface area contributed by atoms with Crippen molar-refractivity contribution in [2.24, 2.45) is 0 Å². The molecule has 0 bridgehead atoms. The van der Waals surface area contributed by atoms with Gasteiger partial charge in [-0.05, 0) is 12.5 Å². The molecule has 1 heterocycles. The van der Waals surface area contributed by atoms with E-state index in [1.165, 1.54) is 12.3 Å². The molecule has 0 saturated carbocycles. The van der Waals surface area contributed by atoms with Crippen LogP contribution in [0.1, 0.15) is 16.8 Å². The molecule has 1 rings (SSSR count). The maximum absolute atomic E-state index is 11.7. The summed E-state index contributed by atoms with van der Waals surface area (Å²) in [5.41, 5.74) is 0.195. The lowest BCUT2D eigenvalue weighted by molar-refractivity contribution is 0.0288. The summed E-state index contributed by atoms with van der Waals surface area (Å²) in [6.07, 6.45) is 2.11. The molecule has 0 aliphatic rings. The summed E-state index contributed by atoms with van der Waals surface area (Å²) >= 11 is 11.5. The molecule has 7 heteroatoms. The lowest BCUT2D eigenvalue weighted by Crippen LogP contribution is -2.12. The number of hydrogen-bond acceptors (Lipinski definition) is 5. The van der Waals surface area contributed by atoms with E-state index in [1.807, 2.05) is 0 Å². The highest BCUT2D eigenvalue weighted by Crippen LogP contribution is 2.18. The molecule has 0 spiro atoms. The summed E-state index contributed by atoms with van der Waals surface area (Å²) in [6.45, 7) is 1.69. The second-order valence-corrected chi connectivity index (χ2v) is 4.38. The fourth-order valence-electron chi connectivity index (χ4n) is 1.25. The van der Waals surface area contributed by atoms with Gasteiger partial charge in [0.25, 0.3) is 0 Å². The first-order valence-electron chi connectivity index (χ1n) is 5.70. The Morgan fingerprint density at radius 3 is 2.79 bits per heavy atom. The topological polar surface area (TPSA) is 57.7 Å². The summed E-state index contributed by atoms with van der Waals surface area (Å²) in [7, 11) is 1.63. The minimum Gasteiger partial charge on any atom is -0.460 e. The van der Waals surface area contributed by atoms with Crippen LogP contribution in [-0.2, 0) is 14.2 Å². The van der Waals surface area contributed by atoms with Crippen LogP contribution < -0.4 is 0 Å². The van der Waals surface area contributed by atoms with Gasteiger partial charge in [0.05, 0.1) is 17.2 Å². The van der Waals surface area contributed by atoms with Crippen molar-refractivity contribution in [1.82, 2.24) is 4.98 Å². The minimum absolute atomic E-state index is 0.155. The maximum Gasteiger partial charge on any atom is 0.339 e. The molecular formula is C12H15Cl2NO4. The van der Waals surface area contributed by atoms with Crippen molar-refractivity contribution < 1.29 is 19.0 Å². The predicted octanol–water partition coefficient (Wildman–Crippen LogP) is 2.60. The number of halogens is 2. The van der Waals surface area contributed by atoms with Gasteiger partial charge in [-0.3, -0.25) is 0 Å². The zero-order valence-electron chi connectivity index (χ0n) is 10.5. The number of methoxy groups -OCH3 is 1. The lowest BCUT2D eigenvalue weighted by atomic mass is 10.3. The van der Waals surface area contributed by atoms with Gasteiger partial charge in [-0.15, -0.1) is 0 Å². The summed E-state index contributed by atoms with van der Waals surface area (Å²) in [5.74, 6) is -0.546. The number of aromatic nitrogens is 1. The average Bonchev–Trinajstić information content (AvgIpc) is 2.40. The van der Waals surface area contributed by atoms with Gasteiger partial charge in [-0.1, -0.05) is 23.2 Å². The van der Waals surface area contributed by atoms with E-state index < -0.39 is 5.97 Å². The molecule has 0 fully saturated rings. The van der Waals surface area contributed by atoms with Gasteiger partial charge in [-0.2, -0.15) is 0 Å². The number of esters is 1. The molecule has 0 atom stereocenters. The Labute approximate surface area is 121 Å². The van der Waals surface area contributed by atoms with Gasteiger partial charge in [-0.25, -0.2) is 9.78 Å². The van der Waals surface area contributed by atoms with Crippen molar-refractivity contribution in [3.8, 4) is 0 Å². The van der Waals surface area contributed by atoms with Crippen molar-refractivity contribution in [2.45, 2.75) is 6.42 Å². The van der Waals surface area contributed by atoms with Gasteiger partial charge in [0.1, 0.15) is 11.8 Å². The van der Waals surface area contributed by atoms with Crippen molar-refractivity contribution in [3.63, 3.8) is 0 Å². The summed E-state index contributed by atoms with van der Waals surface area (Å²) in [4.78, 5) is 15.4. The molecule has 106 valence electrons. The van der Waals surface area contributed by atoms with Crippen LogP contribution in [0.3, 0.4) is 0 Å². The van der Waals surface area contributed by atoms with Crippen LogP contribution in [0, 0.1) is 0 Å². The molecule has 19 heavy (non-hydrogen) atoms. The van der Waals surface area contributed by atoms with Gasteiger partial charge < -0.3 is 14.2 Å². The van der Waals surface area contributed by atoms with Crippen molar-refractivity contribution in [1.29, 1.82) is 0 Å². The lowest BCUT2D eigenvalue weighted by Gasteiger charge is -2.07. The van der Waals surface area contributed by atoms with Crippen LogP contribution in [0.5, 0.6) is 0 Å². The average molecular weight is 308 g/mol. The zero-order valence-corrected chi connectivity index (χ0v) is 12.0. The van der Waals surface area contributed by atoms with Gasteiger partial charge in [0.15, 0.2) is 0 Å². The second-order valence-electron chi connectivity index (χ2n) is 3.58. The highest BCUT2D eigenvalue weighted by Gasteiger charge is 2.12. The number of carbonyl (C=O) groups is 1. The number of nitrogens with zero attached hydrogens (tertiary/aromatic N) is 1. The molecule has 0 saturated heterocycles. The Kier molecular flexibility index (Phi) is 7.74. The van der Waals surface area contributed by atoms with Crippen molar-refractivity contribution in [2.75, 3.05) is 33.5 Å². The van der Waals surface area contributed by atoms with E-state index >= 15 is 0 Å². The predicted molar refractivity (Wildman–Crippen MR) is 71.9 cm³/mol. The molecular weight excluding hydrogens is 293 g/mol. The van der Waals surface area contributed by atoms with Crippen molar-refractivity contribution >= 4 is 29.2 Å². The largest absolute Gasteiger partial charge is 0.460 e. The summed E-state index contributed by atoms with van der Waals surface area (Å²) < 4.78 is 15.1. The smallest absolute Gasteiger partial charge is 0.339 e. The Balaban J connectivity index is 2.26. The monoisotopic (exact) mass is 307 g/mol. The summed E-state index contributed by atoms with van der Waals surface area (Å²) in [5, 5.41) is 0.391. The number of pyridine rings is 1. The first-order valence-corrected chi connectivity index (χ1v) is 6.45. The molecule has 0 N–H and O–H groups in total. The van der Waals surface area contributed by atoms with Crippen LogP contribution in [0.25, 0.3) is 0 Å². The number of ether oxygens (including phenoxy) is 3. The maximum atomic E-state index is 11.7. The molecule has 0 aliphatic heterocycles. The van der Waals surface area contributed by atoms with Crippen molar-refractivity contribution in [3.05, 3.63) is 28.0 Å². The Morgan fingerprint density at radius 1 is 1.26 bits per heavy atom. The first kappa shape index (κ1) is 16.2.